The zero-order chi connectivity index (χ0) is 20.4. The van der Waals surface area contributed by atoms with Crippen LogP contribution in [0.5, 0.6) is 0 Å². The fourth-order valence-electron chi connectivity index (χ4n) is 4.29. The number of likely N-dealkylation sites (tertiary alicyclic amines) is 1. The lowest BCUT2D eigenvalue weighted by Gasteiger charge is -2.39. The van der Waals surface area contributed by atoms with Crippen molar-refractivity contribution in [3.8, 4) is 0 Å². The molecule has 8 heteroatoms. The van der Waals surface area contributed by atoms with Crippen LogP contribution in [0.3, 0.4) is 0 Å². The summed E-state index contributed by atoms with van der Waals surface area (Å²) in [5.74, 6) is -0.423. The second kappa shape index (κ2) is 8.41. The molecule has 156 valence electrons. The van der Waals surface area contributed by atoms with E-state index in [0.29, 0.717) is 37.3 Å². The van der Waals surface area contributed by atoms with Gasteiger partial charge in [0.05, 0.1) is 11.6 Å². The molecule has 29 heavy (non-hydrogen) atoms. The number of oxazole rings is 1. The first-order valence-corrected chi connectivity index (χ1v) is 10.4. The van der Waals surface area contributed by atoms with Gasteiger partial charge in [0.2, 0.25) is 11.8 Å². The predicted molar refractivity (Wildman–Crippen MR) is 109 cm³/mol. The van der Waals surface area contributed by atoms with Gasteiger partial charge in [-0.25, -0.2) is 4.79 Å². The molecule has 2 aromatic rings. The fourth-order valence-corrected chi connectivity index (χ4v) is 4.29. The van der Waals surface area contributed by atoms with E-state index >= 15 is 0 Å². The van der Waals surface area contributed by atoms with Crippen molar-refractivity contribution in [2.75, 3.05) is 39.3 Å². The summed E-state index contributed by atoms with van der Waals surface area (Å²) in [5.41, 5.74) is 1.12. The first-order valence-electron chi connectivity index (χ1n) is 10.4. The van der Waals surface area contributed by atoms with E-state index in [2.05, 4.69) is 4.90 Å². The van der Waals surface area contributed by atoms with E-state index in [1.165, 1.54) is 11.0 Å². The summed E-state index contributed by atoms with van der Waals surface area (Å²) in [6.45, 7) is 6.08. The maximum atomic E-state index is 12.7. The molecule has 1 aromatic carbocycles. The van der Waals surface area contributed by atoms with Crippen LogP contribution < -0.4 is 5.76 Å². The third-order valence-corrected chi connectivity index (χ3v) is 6.11. The molecule has 2 aliphatic rings. The van der Waals surface area contributed by atoms with Crippen molar-refractivity contribution in [2.45, 2.75) is 38.8 Å². The fraction of sp³-hybridized carbons (Fsp3) is 0.571. The van der Waals surface area contributed by atoms with Crippen molar-refractivity contribution in [1.29, 1.82) is 0 Å². The van der Waals surface area contributed by atoms with Crippen LogP contribution in [-0.4, -0.2) is 76.4 Å². The molecular weight excluding hydrogens is 372 g/mol. The summed E-state index contributed by atoms with van der Waals surface area (Å²) in [5, 5.41) is 0. The Kier molecular flexibility index (Phi) is 5.71. The average molecular weight is 400 g/mol. The quantitative estimate of drug-likeness (QED) is 0.769. The minimum absolute atomic E-state index is 0.0297. The third-order valence-electron chi connectivity index (χ3n) is 6.11. The van der Waals surface area contributed by atoms with Crippen LogP contribution in [0, 0.1) is 0 Å². The third kappa shape index (κ3) is 4.07. The van der Waals surface area contributed by atoms with Crippen molar-refractivity contribution >= 4 is 22.9 Å². The zero-order valence-corrected chi connectivity index (χ0v) is 16.9. The molecule has 0 spiro atoms. The molecule has 3 heterocycles. The van der Waals surface area contributed by atoms with Crippen molar-refractivity contribution in [2.24, 2.45) is 0 Å². The van der Waals surface area contributed by atoms with Gasteiger partial charge >= 0.3 is 5.76 Å². The van der Waals surface area contributed by atoms with E-state index in [1.54, 1.807) is 23.1 Å². The minimum Gasteiger partial charge on any atom is -0.408 e. The Morgan fingerprint density at radius 3 is 2.38 bits per heavy atom. The maximum absolute atomic E-state index is 12.7. The molecule has 2 fully saturated rings. The number of hydrogen-bond acceptors (Lipinski definition) is 5. The summed E-state index contributed by atoms with van der Waals surface area (Å²) in [4.78, 5) is 43.5. The van der Waals surface area contributed by atoms with Crippen LogP contribution in [0.25, 0.3) is 11.1 Å². The molecule has 1 atom stereocenters. The van der Waals surface area contributed by atoms with Gasteiger partial charge in [-0.3, -0.25) is 19.1 Å². The van der Waals surface area contributed by atoms with E-state index in [0.717, 1.165) is 25.9 Å². The molecule has 2 saturated heterocycles. The number of rotatable bonds is 4. The number of carbonyl (C=O) groups excluding carboxylic acids is 2. The van der Waals surface area contributed by atoms with Gasteiger partial charge in [-0.2, -0.15) is 0 Å². The van der Waals surface area contributed by atoms with Crippen LogP contribution in [0.2, 0.25) is 0 Å². The highest BCUT2D eigenvalue weighted by atomic mass is 16.4. The normalized spacial score (nSPS) is 19.5. The molecule has 0 radical (unpaired) electrons. The molecule has 0 aliphatic carbocycles. The Bertz CT molecular complexity index is 936. The molecule has 0 N–H and O–H groups in total. The second-order valence-corrected chi connectivity index (χ2v) is 7.90. The molecule has 1 unspecified atom stereocenters. The highest BCUT2D eigenvalue weighted by Gasteiger charge is 2.30. The molecule has 0 saturated carbocycles. The van der Waals surface area contributed by atoms with Crippen molar-refractivity contribution in [3.63, 3.8) is 0 Å². The smallest absolute Gasteiger partial charge is 0.408 e. The first-order chi connectivity index (χ1) is 14.0. The number of fused-ring (bicyclic) bond motifs is 1. The van der Waals surface area contributed by atoms with Crippen LogP contribution >= 0.6 is 0 Å². The molecule has 1 aromatic heterocycles. The molecule has 0 bridgehead atoms. The largest absolute Gasteiger partial charge is 0.420 e. The van der Waals surface area contributed by atoms with Crippen molar-refractivity contribution < 1.29 is 14.0 Å². The number of amides is 2. The minimum atomic E-state index is -0.515. The Labute approximate surface area is 169 Å². The SMILES string of the molecule is CC(C(=O)N1CCCCC1)N1CCN(C(=O)Cn2c(=O)oc3ccccc32)CC1. The second-order valence-electron chi connectivity index (χ2n) is 7.90. The van der Waals surface area contributed by atoms with E-state index < -0.39 is 5.76 Å². The van der Waals surface area contributed by atoms with Crippen LogP contribution in [-0.2, 0) is 16.1 Å². The van der Waals surface area contributed by atoms with Gasteiger partial charge < -0.3 is 14.2 Å². The molecule has 4 rings (SSSR count). The van der Waals surface area contributed by atoms with Gasteiger partial charge in [-0.15, -0.1) is 0 Å². The molecule has 8 nitrogen and oxygen atoms in total. The number of nitrogens with zero attached hydrogens (tertiary/aromatic N) is 4. The highest BCUT2D eigenvalue weighted by Crippen LogP contribution is 2.15. The van der Waals surface area contributed by atoms with Crippen LogP contribution in [0.15, 0.2) is 33.5 Å². The van der Waals surface area contributed by atoms with Crippen molar-refractivity contribution in [3.05, 3.63) is 34.8 Å². The molecule has 2 amide bonds. The Balaban J connectivity index is 1.34. The van der Waals surface area contributed by atoms with Gasteiger partial charge in [-0.05, 0) is 38.3 Å². The summed E-state index contributed by atoms with van der Waals surface area (Å²) in [7, 11) is 0. The van der Waals surface area contributed by atoms with Crippen LogP contribution in [0.4, 0.5) is 0 Å². The maximum Gasteiger partial charge on any atom is 0.420 e. The number of piperazine rings is 1. The summed E-state index contributed by atoms with van der Waals surface area (Å²) >= 11 is 0. The number of carbonyl (C=O) groups is 2. The lowest BCUT2D eigenvalue weighted by atomic mass is 10.1. The topological polar surface area (TPSA) is 79.0 Å². The monoisotopic (exact) mass is 400 g/mol. The predicted octanol–water partition coefficient (Wildman–Crippen LogP) is 1.14. The van der Waals surface area contributed by atoms with Gasteiger partial charge in [0.15, 0.2) is 5.58 Å². The van der Waals surface area contributed by atoms with E-state index in [-0.39, 0.29) is 24.4 Å². The molecular formula is C21H28N4O4. The van der Waals surface area contributed by atoms with E-state index in [4.69, 9.17) is 4.42 Å². The lowest BCUT2D eigenvalue weighted by molar-refractivity contribution is -0.139. The number of para-hydroxylation sites is 2. The Morgan fingerprint density at radius 1 is 0.966 bits per heavy atom. The van der Waals surface area contributed by atoms with E-state index in [1.807, 2.05) is 17.9 Å². The Morgan fingerprint density at radius 2 is 1.66 bits per heavy atom. The standard InChI is InChI=1S/C21H28N4O4/c1-16(20(27)24-9-5-2-6-10-24)22-11-13-23(14-12-22)19(26)15-25-17-7-3-4-8-18(17)29-21(25)28/h3-4,7-8,16H,2,5-6,9-15H2,1H3. The highest BCUT2D eigenvalue weighted by molar-refractivity contribution is 5.82. The number of aromatic nitrogens is 1. The van der Waals surface area contributed by atoms with Gasteiger partial charge in [0.25, 0.3) is 0 Å². The number of piperidine rings is 1. The van der Waals surface area contributed by atoms with Gasteiger partial charge in [0.1, 0.15) is 6.54 Å². The summed E-state index contributed by atoms with van der Waals surface area (Å²) in [6, 6.07) is 6.95. The number of hydrogen-bond donors (Lipinski definition) is 0. The van der Waals surface area contributed by atoms with Crippen LogP contribution in [0.1, 0.15) is 26.2 Å². The van der Waals surface area contributed by atoms with E-state index in [9.17, 15) is 14.4 Å². The summed E-state index contributed by atoms with van der Waals surface area (Å²) in [6.07, 6.45) is 3.37. The van der Waals surface area contributed by atoms with Gasteiger partial charge in [0, 0.05) is 39.3 Å². The zero-order valence-electron chi connectivity index (χ0n) is 16.9. The summed E-state index contributed by atoms with van der Waals surface area (Å²) < 4.78 is 6.59. The van der Waals surface area contributed by atoms with Gasteiger partial charge in [-0.1, -0.05) is 12.1 Å². The molecule has 2 aliphatic heterocycles. The average Bonchev–Trinajstić information content (AvgIpc) is 3.08. The Hall–Kier alpha value is -2.61. The van der Waals surface area contributed by atoms with Crippen molar-refractivity contribution in [1.82, 2.24) is 19.3 Å². The lowest BCUT2D eigenvalue weighted by Crippen LogP contribution is -2.56. The number of benzene rings is 1. The first kappa shape index (κ1) is 19.7.